The van der Waals surface area contributed by atoms with Crippen molar-refractivity contribution >= 4 is 11.9 Å². The minimum atomic E-state index is -0.864. The van der Waals surface area contributed by atoms with E-state index in [9.17, 15) is 14.7 Å². The van der Waals surface area contributed by atoms with Crippen LogP contribution in [-0.4, -0.2) is 52.8 Å². The summed E-state index contributed by atoms with van der Waals surface area (Å²) in [5.74, 6) is -1.19. The highest BCUT2D eigenvalue weighted by molar-refractivity contribution is 6.00. The van der Waals surface area contributed by atoms with Gasteiger partial charge in [-0.15, -0.1) is 0 Å². The average Bonchev–Trinajstić information content (AvgIpc) is 3.21. The van der Waals surface area contributed by atoms with E-state index in [4.69, 9.17) is 9.47 Å². The predicted octanol–water partition coefficient (Wildman–Crippen LogP) is 2.58. The van der Waals surface area contributed by atoms with Crippen molar-refractivity contribution in [1.29, 1.82) is 0 Å². The lowest BCUT2D eigenvalue weighted by molar-refractivity contribution is 0.0588. The van der Waals surface area contributed by atoms with Crippen molar-refractivity contribution in [2.24, 2.45) is 0 Å². The summed E-state index contributed by atoms with van der Waals surface area (Å²) >= 11 is 0. The summed E-state index contributed by atoms with van der Waals surface area (Å²) < 4.78 is 10.5. The second-order valence-corrected chi connectivity index (χ2v) is 6.65. The molecule has 1 amide bonds. The van der Waals surface area contributed by atoms with Crippen LogP contribution < -0.4 is 4.74 Å². The van der Waals surface area contributed by atoms with Crippen LogP contribution in [0.25, 0.3) is 0 Å². The number of methoxy groups -OCH3 is 1. The number of nitrogens with zero attached hydrogens (tertiary/aromatic N) is 2. The van der Waals surface area contributed by atoms with Crippen LogP contribution in [0.3, 0.4) is 0 Å². The molecule has 8 heteroatoms. The fourth-order valence-electron chi connectivity index (χ4n) is 2.90. The Bertz CT molecular complexity index is 989. The van der Waals surface area contributed by atoms with Crippen LogP contribution in [0.5, 0.6) is 5.75 Å². The molecule has 3 rings (SSSR count). The Morgan fingerprint density at radius 3 is 2.37 bits per heavy atom. The van der Waals surface area contributed by atoms with E-state index in [2.05, 4.69) is 10.2 Å². The first kappa shape index (κ1) is 21.1. The fraction of sp³-hybridized carbons (Fsp3) is 0.227. The fourth-order valence-corrected chi connectivity index (χ4v) is 2.90. The zero-order valence-corrected chi connectivity index (χ0v) is 16.7. The molecule has 1 atom stereocenters. The summed E-state index contributed by atoms with van der Waals surface area (Å²) in [5, 5.41) is 16.9. The molecular weight excluding hydrogens is 386 g/mol. The van der Waals surface area contributed by atoms with Gasteiger partial charge >= 0.3 is 5.97 Å². The molecule has 1 aromatic heterocycles. The van der Waals surface area contributed by atoms with Crippen molar-refractivity contribution in [2.75, 3.05) is 20.7 Å². The van der Waals surface area contributed by atoms with Crippen LogP contribution in [0.4, 0.5) is 0 Å². The first-order chi connectivity index (χ1) is 14.5. The van der Waals surface area contributed by atoms with E-state index in [0.29, 0.717) is 5.56 Å². The third-order valence-corrected chi connectivity index (χ3v) is 4.52. The second-order valence-electron chi connectivity index (χ2n) is 6.65. The average molecular weight is 409 g/mol. The number of aliphatic hydroxyl groups is 1. The molecule has 0 aliphatic heterocycles. The quantitative estimate of drug-likeness (QED) is 0.554. The molecule has 0 radical (unpaired) electrons. The third-order valence-electron chi connectivity index (χ3n) is 4.52. The van der Waals surface area contributed by atoms with Gasteiger partial charge in [-0.3, -0.25) is 9.89 Å². The summed E-state index contributed by atoms with van der Waals surface area (Å²) in [4.78, 5) is 26.4. The van der Waals surface area contributed by atoms with Gasteiger partial charge in [-0.2, -0.15) is 5.10 Å². The van der Waals surface area contributed by atoms with E-state index in [1.807, 2.05) is 48.5 Å². The SMILES string of the molecule is COC(=O)c1n[nH]c(C(=O)N(C)C[C@H](O)c2ccccc2)c1OCc1ccccc1. The highest BCUT2D eigenvalue weighted by Gasteiger charge is 2.28. The van der Waals surface area contributed by atoms with Crippen molar-refractivity contribution in [3.05, 3.63) is 83.2 Å². The lowest BCUT2D eigenvalue weighted by Crippen LogP contribution is -2.31. The Hall–Kier alpha value is -3.65. The predicted molar refractivity (Wildman–Crippen MR) is 109 cm³/mol. The molecule has 2 aromatic carbocycles. The van der Waals surface area contributed by atoms with Gasteiger partial charge in [0.15, 0.2) is 11.4 Å². The van der Waals surface area contributed by atoms with E-state index in [-0.39, 0.29) is 30.3 Å². The van der Waals surface area contributed by atoms with Gasteiger partial charge in [-0.05, 0) is 11.1 Å². The number of rotatable bonds is 8. The standard InChI is InChI=1S/C22H23N3O5/c1-25(13-17(26)16-11-7-4-8-12-16)21(27)18-20(19(24-23-18)22(28)29-2)30-14-15-9-5-3-6-10-15/h3-12,17,26H,13-14H2,1-2H3,(H,23,24)/t17-/m0/s1. The number of benzene rings is 2. The molecule has 0 saturated heterocycles. The molecule has 0 aliphatic rings. The summed E-state index contributed by atoms with van der Waals surface area (Å²) in [6, 6.07) is 18.4. The van der Waals surface area contributed by atoms with Gasteiger partial charge in [0.05, 0.1) is 19.8 Å². The van der Waals surface area contributed by atoms with E-state index in [1.165, 1.54) is 12.0 Å². The summed E-state index contributed by atoms with van der Waals surface area (Å²) in [5.41, 5.74) is 1.45. The van der Waals surface area contributed by atoms with Crippen molar-refractivity contribution in [3.8, 4) is 5.75 Å². The molecule has 8 nitrogen and oxygen atoms in total. The Labute approximate surface area is 174 Å². The van der Waals surface area contributed by atoms with Gasteiger partial charge in [0.25, 0.3) is 5.91 Å². The number of carbonyl (C=O) groups excluding carboxylic acids is 2. The number of esters is 1. The van der Waals surface area contributed by atoms with Gasteiger partial charge in [-0.25, -0.2) is 4.79 Å². The molecule has 0 unspecified atom stereocenters. The Morgan fingerprint density at radius 1 is 1.10 bits per heavy atom. The minimum absolute atomic E-state index is 0.00842. The highest BCUT2D eigenvalue weighted by Crippen LogP contribution is 2.25. The molecule has 156 valence electrons. The van der Waals surface area contributed by atoms with Gasteiger partial charge < -0.3 is 19.5 Å². The molecule has 3 aromatic rings. The van der Waals surface area contributed by atoms with Crippen LogP contribution in [0.15, 0.2) is 60.7 Å². The first-order valence-corrected chi connectivity index (χ1v) is 9.33. The number of aromatic amines is 1. The van der Waals surface area contributed by atoms with Gasteiger partial charge in [0.1, 0.15) is 6.61 Å². The van der Waals surface area contributed by atoms with Crippen LogP contribution in [-0.2, 0) is 11.3 Å². The Balaban J connectivity index is 1.80. The minimum Gasteiger partial charge on any atom is -0.484 e. The summed E-state index contributed by atoms with van der Waals surface area (Å²) in [6.07, 6.45) is -0.864. The lowest BCUT2D eigenvalue weighted by Gasteiger charge is -2.21. The largest absolute Gasteiger partial charge is 0.484 e. The molecule has 30 heavy (non-hydrogen) atoms. The van der Waals surface area contributed by atoms with Crippen molar-refractivity contribution < 1.29 is 24.2 Å². The third kappa shape index (κ3) is 4.84. The second kappa shape index (κ2) is 9.71. The molecule has 0 spiro atoms. The Kier molecular flexibility index (Phi) is 6.82. The zero-order chi connectivity index (χ0) is 21.5. The number of ether oxygens (including phenoxy) is 2. The number of H-pyrrole nitrogens is 1. The van der Waals surface area contributed by atoms with Crippen molar-refractivity contribution in [3.63, 3.8) is 0 Å². The zero-order valence-electron chi connectivity index (χ0n) is 16.7. The monoisotopic (exact) mass is 409 g/mol. The molecule has 1 heterocycles. The van der Waals surface area contributed by atoms with E-state index >= 15 is 0 Å². The van der Waals surface area contributed by atoms with Crippen molar-refractivity contribution in [1.82, 2.24) is 15.1 Å². The molecular formula is C22H23N3O5. The molecule has 0 bridgehead atoms. The Morgan fingerprint density at radius 2 is 1.73 bits per heavy atom. The summed E-state index contributed by atoms with van der Waals surface area (Å²) in [7, 11) is 2.77. The van der Waals surface area contributed by atoms with Crippen LogP contribution in [0, 0.1) is 0 Å². The molecule has 0 aliphatic carbocycles. The van der Waals surface area contributed by atoms with E-state index in [0.717, 1.165) is 5.56 Å². The number of aromatic nitrogens is 2. The maximum Gasteiger partial charge on any atom is 0.362 e. The summed E-state index contributed by atoms with van der Waals surface area (Å²) in [6.45, 7) is 0.189. The van der Waals surface area contributed by atoms with Crippen LogP contribution in [0.1, 0.15) is 38.2 Å². The van der Waals surface area contributed by atoms with Crippen molar-refractivity contribution in [2.45, 2.75) is 12.7 Å². The number of carbonyl (C=O) groups is 2. The number of likely N-dealkylation sites (N-methyl/N-ethyl adjacent to an activating group) is 1. The number of nitrogens with one attached hydrogen (secondary N) is 1. The topological polar surface area (TPSA) is 105 Å². The van der Waals surface area contributed by atoms with Gasteiger partial charge in [-0.1, -0.05) is 60.7 Å². The van der Waals surface area contributed by atoms with E-state index < -0.39 is 18.0 Å². The van der Waals surface area contributed by atoms with Gasteiger partial charge in [0.2, 0.25) is 5.69 Å². The van der Waals surface area contributed by atoms with E-state index in [1.54, 1.807) is 19.2 Å². The number of hydrogen-bond acceptors (Lipinski definition) is 6. The lowest BCUT2D eigenvalue weighted by atomic mass is 10.1. The first-order valence-electron chi connectivity index (χ1n) is 9.33. The number of amides is 1. The maximum absolute atomic E-state index is 13.0. The van der Waals surface area contributed by atoms with Crippen LogP contribution in [0.2, 0.25) is 0 Å². The smallest absolute Gasteiger partial charge is 0.362 e. The molecule has 0 saturated carbocycles. The highest BCUT2D eigenvalue weighted by atomic mass is 16.5. The molecule has 2 N–H and O–H groups in total. The normalized spacial score (nSPS) is 11.6. The van der Waals surface area contributed by atoms with Crippen LogP contribution >= 0.6 is 0 Å². The maximum atomic E-state index is 13.0. The number of hydrogen-bond donors (Lipinski definition) is 2. The van der Waals surface area contributed by atoms with Gasteiger partial charge in [0, 0.05) is 7.05 Å². The molecule has 0 fully saturated rings. The number of aliphatic hydroxyl groups excluding tert-OH is 1.